The van der Waals surface area contributed by atoms with Crippen molar-refractivity contribution in [3.8, 4) is 0 Å². The van der Waals surface area contributed by atoms with Crippen LogP contribution in [0.3, 0.4) is 0 Å². The lowest BCUT2D eigenvalue weighted by Crippen LogP contribution is -2.38. The lowest BCUT2D eigenvalue weighted by Gasteiger charge is -2.26. The van der Waals surface area contributed by atoms with Crippen molar-refractivity contribution >= 4 is 5.69 Å². The lowest BCUT2D eigenvalue weighted by molar-refractivity contribution is 0.0398. The minimum atomic E-state index is 0.605. The predicted molar refractivity (Wildman–Crippen MR) is 70.1 cm³/mol. The van der Waals surface area contributed by atoms with E-state index in [4.69, 9.17) is 10.5 Å². The van der Waals surface area contributed by atoms with Crippen LogP contribution >= 0.6 is 0 Å². The predicted octanol–water partition coefficient (Wildman–Crippen LogP) is 0.889. The first-order valence-electron chi connectivity index (χ1n) is 6.21. The maximum atomic E-state index is 5.56. The molecule has 1 aliphatic heterocycles. The molecular formula is C13H21N3O. The normalized spacial score (nSPS) is 17.0. The van der Waals surface area contributed by atoms with E-state index in [1.165, 1.54) is 5.56 Å². The SMILES string of the molecule is NCc1ccc(NCCN2CCOCC2)cc1. The number of morpholine rings is 1. The summed E-state index contributed by atoms with van der Waals surface area (Å²) >= 11 is 0. The summed E-state index contributed by atoms with van der Waals surface area (Å²) in [6, 6.07) is 8.30. The summed E-state index contributed by atoms with van der Waals surface area (Å²) in [5.74, 6) is 0. The van der Waals surface area contributed by atoms with Crippen LogP contribution in [-0.4, -0.2) is 44.3 Å². The molecule has 0 bridgehead atoms. The molecule has 94 valence electrons. The molecule has 2 rings (SSSR count). The van der Waals surface area contributed by atoms with Gasteiger partial charge in [0, 0.05) is 38.4 Å². The first-order chi connectivity index (χ1) is 8.38. The highest BCUT2D eigenvalue weighted by molar-refractivity contribution is 5.44. The van der Waals surface area contributed by atoms with E-state index in [9.17, 15) is 0 Å². The van der Waals surface area contributed by atoms with Crippen molar-refractivity contribution in [3.05, 3.63) is 29.8 Å². The Labute approximate surface area is 103 Å². The maximum absolute atomic E-state index is 5.56. The molecule has 4 nitrogen and oxygen atoms in total. The third kappa shape index (κ3) is 4.00. The fraction of sp³-hybridized carbons (Fsp3) is 0.538. The molecule has 0 spiro atoms. The van der Waals surface area contributed by atoms with E-state index in [-0.39, 0.29) is 0 Å². The first-order valence-corrected chi connectivity index (χ1v) is 6.21. The zero-order valence-electron chi connectivity index (χ0n) is 10.2. The highest BCUT2D eigenvalue weighted by atomic mass is 16.5. The van der Waals surface area contributed by atoms with Gasteiger partial charge in [0.2, 0.25) is 0 Å². The maximum Gasteiger partial charge on any atom is 0.0594 e. The van der Waals surface area contributed by atoms with Crippen LogP contribution in [0.5, 0.6) is 0 Å². The second-order valence-electron chi connectivity index (χ2n) is 4.28. The zero-order valence-corrected chi connectivity index (χ0v) is 10.2. The minimum Gasteiger partial charge on any atom is -0.384 e. The zero-order chi connectivity index (χ0) is 11.9. The van der Waals surface area contributed by atoms with Gasteiger partial charge in [-0.15, -0.1) is 0 Å². The Kier molecular flexibility index (Phi) is 4.79. The summed E-state index contributed by atoms with van der Waals surface area (Å²) < 4.78 is 5.32. The molecule has 1 heterocycles. The quantitative estimate of drug-likeness (QED) is 0.796. The van der Waals surface area contributed by atoms with Gasteiger partial charge in [0.05, 0.1) is 13.2 Å². The lowest BCUT2D eigenvalue weighted by atomic mass is 10.2. The van der Waals surface area contributed by atoms with Crippen LogP contribution in [0.25, 0.3) is 0 Å². The van der Waals surface area contributed by atoms with Gasteiger partial charge in [-0.2, -0.15) is 0 Å². The van der Waals surface area contributed by atoms with Gasteiger partial charge < -0.3 is 15.8 Å². The molecule has 0 atom stereocenters. The Morgan fingerprint density at radius 2 is 1.88 bits per heavy atom. The number of nitrogens with two attached hydrogens (primary N) is 1. The van der Waals surface area contributed by atoms with Crippen molar-refractivity contribution in [3.63, 3.8) is 0 Å². The molecule has 0 amide bonds. The largest absolute Gasteiger partial charge is 0.384 e. The molecule has 0 saturated carbocycles. The summed E-state index contributed by atoms with van der Waals surface area (Å²) in [5, 5.41) is 3.42. The average Bonchev–Trinajstić information content (AvgIpc) is 2.41. The van der Waals surface area contributed by atoms with Crippen molar-refractivity contribution in [1.29, 1.82) is 0 Å². The Hall–Kier alpha value is -1.10. The van der Waals surface area contributed by atoms with Crippen molar-refractivity contribution in [2.75, 3.05) is 44.7 Å². The third-order valence-corrected chi connectivity index (χ3v) is 3.05. The van der Waals surface area contributed by atoms with Crippen LogP contribution in [0.1, 0.15) is 5.56 Å². The molecular weight excluding hydrogens is 214 g/mol. The molecule has 0 aliphatic carbocycles. The van der Waals surface area contributed by atoms with E-state index in [0.29, 0.717) is 6.54 Å². The summed E-state index contributed by atoms with van der Waals surface area (Å²) in [6.45, 7) is 6.48. The molecule has 1 saturated heterocycles. The molecule has 0 unspecified atom stereocenters. The molecule has 1 aromatic rings. The number of rotatable bonds is 5. The van der Waals surface area contributed by atoms with Gasteiger partial charge in [-0.1, -0.05) is 12.1 Å². The van der Waals surface area contributed by atoms with E-state index >= 15 is 0 Å². The number of nitrogens with one attached hydrogen (secondary N) is 1. The molecule has 3 N–H and O–H groups in total. The van der Waals surface area contributed by atoms with Gasteiger partial charge in [-0.3, -0.25) is 4.90 Å². The Bertz CT molecular complexity index is 320. The number of hydrogen-bond donors (Lipinski definition) is 2. The molecule has 0 radical (unpaired) electrons. The molecule has 17 heavy (non-hydrogen) atoms. The van der Waals surface area contributed by atoms with Crippen LogP contribution in [0, 0.1) is 0 Å². The number of nitrogens with zero attached hydrogens (tertiary/aromatic N) is 1. The Balaban J connectivity index is 1.69. The van der Waals surface area contributed by atoms with Crippen LogP contribution in [0.15, 0.2) is 24.3 Å². The number of ether oxygens (including phenoxy) is 1. The Morgan fingerprint density at radius 1 is 1.18 bits per heavy atom. The summed E-state index contributed by atoms with van der Waals surface area (Å²) in [7, 11) is 0. The van der Waals surface area contributed by atoms with E-state index in [0.717, 1.165) is 45.1 Å². The van der Waals surface area contributed by atoms with E-state index in [1.807, 2.05) is 0 Å². The van der Waals surface area contributed by atoms with Crippen molar-refractivity contribution in [2.45, 2.75) is 6.54 Å². The van der Waals surface area contributed by atoms with Gasteiger partial charge in [-0.25, -0.2) is 0 Å². The van der Waals surface area contributed by atoms with E-state index < -0.39 is 0 Å². The van der Waals surface area contributed by atoms with Crippen molar-refractivity contribution < 1.29 is 4.74 Å². The fourth-order valence-electron chi connectivity index (χ4n) is 1.94. The highest BCUT2D eigenvalue weighted by Gasteiger charge is 2.08. The van der Waals surface area contributed by atoms with Crippen LogP contribution < -0.4 is 11.1 Å². The Morgan fingerprint density at radius 3 is 2.53 bits per heavy atom. The summed E-state index contributed by atoms with van der Waals surface area (Å²) in [6.07, 6.45) is 0. The number of benzene rings is 1. The standard InChI is InChI=1S/C13H21N3O/c14-11-12-1-3-13(4-2-12)15-5-6-16-7-9-17-10-8-16/h1-4,15H,5-11,14H2. The molecule has 1 aliphatic rings. The topological polar surface area (TPSA) is 50.5 Å². The first kappa shape index (κ1) is 12.4. The van der Waals surface area contributed by atoms with E-state index in [2.05, 4.69) is 34.5 Å². The smallest absolute Gasteiger partial charge is 0.0594 e. The minimum absolute atomic E-state index is 0.605. The molecule has 0 aromatic heterocycles. The highest BCUT2D eigenvalue weighted by Crippen LogP contribution is 2.08. The molecule has 1 aromatic carbocycles. The van der Waals surface area contributed by atoms with Crippen molar-refractivity contribution in [2.24, 2.45) is 5.73 Å². The monoisotopic (exact) mass is 235 g/mol. The van der Waals surface area contributed by atoms with Gasteiger partial charge in [0.15, 0.2) is 0 Å². The van der Waals surface area contributed by atoms with Crippen LogP contribution in [0.2, 0.25) is 0 Å². The second-order valence-corrected chi connectivity index (χ2v) is 4.28. The third-order valence-electron chi connectivity index (χ3n) is 3.05. The molecule has 1 fully saturated rings. The molecule has 4 heteroatoms. The summed E-state index contributed by atoms with van der Waals surface area (Å²) in [5.41, 5.74) is 7.89. The van der Waals surface area contributed by atoms with Gasteiger partial charge in [0.1, 0.15) is 0 Å². The average molecular weight is 235 g/mol. The van der Waals surface area contributed by atoms with Crippen LogP contribution in [0.4, 0.5) is 5.69 Å². The van der Waals surface area contributed by atoms with Gasteiger partial charge in [-0.05, 0) is 17.7 Å². The fourth-order valence-corrected chi connectivity index (χ4v) is 1.94. The van der Waals surface area contributed by atoms with Crippen LogP contribution in [-0.2, 0) is 11.3 Å². The number of hydrogen-bond acceptors (Lipinski definition) is 4. The van der Waals surface area contributed by atoms with Crippen molar-refractivity contribution in [1.82, 2.24) is 4.90 Å². The second kappa shape index (κ2) is 6.59. The summed E-state index contributed by atoms with van der Waals surface area (Å²) in [4.78, 5) is 2.42. The van der Waals surface area contributed by atoms with Gasteiger partial charge >= 0.3 is 0 Å². The van der Waals surface area contributed by atoms with E-state index in [1.54, 1.807) is 0 Å². The number of anilines is 1. The van der Waals surface area contributed by atoms with Gasteiger partial charge in [0.25, 0.3) is 0 Å².